The number of halogens is 3. The molecule has 0 aromatic carbocycles. The molecule has 7 nitrogen and oxygen atoms in total. The third kappa shape index (κ3) is 4.42. The van der Waals surface area contributed by atoms with Gasteiger partial charge in [-0.25, -0.2) is 4.98 Å². The van der Waals surface area contributed by atoms with Gasteiger partial charge in [-0.3, -0.25) is 14.0 Å². The number of hydrogen-bond acceptors (Lipinski definition) is 4. The Labute approximate surface area is 175 Å². The summed E-state index contributed by atoms with van der Waals surface area (Å²) in [6.07, 6.45) is 0.970. The first-order chi connectivity index (χ1) is 14.7. The van der Waals surface area contributed by atoms with Crippen LogP contribution in [0.15, 0.2) is 47.5 Å². The molecule has 1 aliphatic rings. The fourth-order valence-electron chi connectivity index (χ4n) is 4.07. The summed E-state index contributed by atoms with van der Waals surface area (Å²) in [6, 6.07) is 7.94. The molecule has 1 aliphatic carbocycles. The number of aromatic nitrogens is 3. The third-order valence-corrected chi connectivity index (χ3v) is 5.74. The number of rotatable bonds is 4. The molecule has 2 N–H and O–H groups in total. The Kier molecular flexibility index (Phi) is 5.47. The maximum absolute atomic E-state index is 13.1. The van der Waals surface area contributed by atoms with Gasteiger partial charge in [0.15, 0.2) is 5.69 Å². The SMILES string of the molecule is CN(c1cccc2nc(C(F)(F)F)cn12)C1CCC(NC(=O)c2cc[nH]c(=O)c2)CC1. The molecular weight excluding hydrogens is 411 g/mol. The molecule has 0 radical (unpaired) electrons. The molecule has 10 heteroatoms. The van der Waals surface area contributed by atoms with Gasteiger partial charge in [0.1, 0.15) is 11.5 Å². The number of pyridine rings is 2. The van der Waals surface area contributed by atoms with E-state index in [-0.39, 0.29) is 29.2 Å². The number of anilines is 1. The van der Waals surface area contributed by atoms with Crippen LogP contribution in [0.1, 0.15) is 41.7 Å². The summed E-state index contributed by atoms with van der Waals surface area (Å²) in [7, 11) is 1.86. The summed E-state index contributed by atoms with van der Waals surface area (Å²) in [6.45, 7) is 0. The fraction of sp³-hybridized carbons (Fsp3) is 0.381. The number of nitrogens with one attached hydrogen (secondary N) is 2. The number of alkyl halides is 3. The Bertz CT molecular complexity index is 1150. The van der Waals surface area contributed by atoms with Gasteiger partial charge in [0.25, 0.3) is 5.91 Å². The van der Waals surface area contributed by atoms with Crippen LogP contribution >= 0.6 is 0 Å². The lowest BCUT2D eigenvalue weighted by atomic mass is 9.90. The van der Waals surface area contributed by atoms with E-state index < -0.39 is 11.9 Å². The van der Waals surface area contributed by atoms with Gasteiger partial charge in [-0.05, 0) is 43.9 Å². The number of amides is 1. The Morgan fingerprint density at radius 1 is 1.23 bits per heavy atom. The van der Waals surface area contributed by atoms with Crippen LogP contribution in [-0.4, -0.2) is 39.4 Å². The van der Waals surface area contributed by atoms with Crippen molar-refractivity contribution in [2.45, 2.75) is 43.9 Å². The largest absolute Gasteiger partial charge is 0.434 e. The van der Waals surface area contributed by atoms with Gasteiger partial charge in [-0.1, -0.05) is 6.07 Å². The van der Waals surface area contributed by atoms with Crippen molar-refractivity contribution in [3.63, 3.8) is 0 Å². The summed E-state index contributed by atoms with van der Waals surface area (Å²) in [5.41, 5.74) is -0.689. The summed E-state index contributed by atoms with van der Waals surface area (Å²) in [5, 5.41) is 2.96. The van der Waals surface area contributed by atoms with Crippen LogP contribution < -0.4 is 15.8 Å². The van der Waals surface area contributed by atoms with E-state index in [2.05, 4.69) is 15.3 Å². The molecule has 0 atom stereocenters. The van der Waals surface area contributed by atoms with E-state index in [1.54, 1.807) is 24.3 Å². The van der Waals surface area contributed by atoms with Gasteiger partial charge < -0.3 is 15.2 Å². The van der Waals surface area contributed by atoms with Crippen molar-refractivity contribution >= 4 is 17.4 Å². The summed E-state index contributed by atoms with van der Waals surface area (Å²) >= 11 is 0. The van der Waals surface area contributed by atoms with E-state index in [0.29, 0.717) is 11.4 Å². The predicted octanol–water partition coefficient (Wildman–Crippen LogP) is 3.22. The van der Waals surface area contributed by atoms with Crippen LogP contribution in [0.25, 0.3) is 5.65 Å². The molecule has 0 unspecified atom stereocenters. The number of aromatic amines is 1. The zero-order valence-electron chi connectivity index (χ0n) is 16.8. The lowest BCUT2D eigenvalue weighted by Crippen LogP contribution is -2.43. The highest BCUT2D eigenvalue weighted by Crippen LogP contribution is 2.31. The van der Waals surface area contributed by atoms with Crippen molar-refractivity contribution in [2.24, 2.45) is 0 Å². The van der Waals surface area contributed by atoms with Crippen molar-refractivity contribution in [1.82, 2.24) is 19.7 Å². The first-order valence-corrected chi connectivity index (χ1v) is 10.00. The molecule has 3 aromatic heterocycles. The van der Waals surface area contributed by atoms with E-state index in [4.69, 9.17) is 0 Å². The number of nitrogens with zero attached hydrogens (tertiary/aromatic N) is 3. The van der Waals surface area contributed by atoms with Crippen LogP contribution in [0.3, 0.4) is 0 Å². The highest BCUT2D eigenvalue weighted by atomic mass is 19.4. The van der Waals surface area contributed by atoms with Crippen LogP contribution in [0.2, 0.25) is 0 Å². The first kappa shape index (κ1) is 21.0. The number of fused-ring (bicyclic) bond motifs is 1. The fourth-order valence-corrected chi connectivity index (χ4v) is 4.07. The monoisotopic (exact) mass is 433 g/mol. The number of carbonyl (C=O) groups excluding carboxylic acids is 1. The predicted molar refractivity (Wildman–Crippen MR) is 109 cm³/mol. The second-order valence-corrected chi connectivity index (χ2v) is 7.77. The highest BCUT2D eigenvalue weighted by molar-refractivity contribution is 5.94. The molecule has 164 valence electrons. The number of H-pyrrole nitrogens is 1. The Balaban J connectivity index is 1.43. The van der Waals surface area contributed by atoms with E-state index in [1.165, 1.54) is 16.7 Å². The van der Waals surface area contributed by atoms with Crippen molar-refractivity contribution in [3.05, 3.63) is 64.3 Å². The van der Waals surface area contributed by atoms with Gasteiger partial charge in [0.05, 0.1) is 0 Å². The first-order valence-electron chi connectivity index (χ1n) is 10.00. The Hall–Kier alpha value is -3.30. The van der Waals surface area contributed by atoms with Crippen molar-refractivity contribution in [1.29, 1.82) is 0 Å². The molecule has 0 spiro atoms. The van der Waals surface area contributed by atoms with Crippen LogP contribution in [0, 0.1) is 0 Å². The molecular formula is C21H22F3N5O2. The summed E-state index contributed by atoms with van der Waals surface area (Å²) in [4.78, 5) is 31.9. The van der Waals surface area contributed by atoms with Gasteiger partial charge >= 0.3 is 6.18 Å². The van der Waals surface area contributed by atoms with Gasteiger partial charge in [-0.2, -0.15) is 13.2 Å². The summed E-state index contributed by atoms with van der Waals surface area (Å²) < 4.78 is 40.6. The number of hydrogen-bond donors (Lipinski definition) is 2. The molecule has 3 aromatic rings. The third-order valence-electron chi connectivity index (χ3n) is 5.74. The number of imidazole rings is 1. The van der Waals surface area contributed by atoms with Crippen LogP contribution in [-0.2, 0) is 6.18 Å². The molecule has 1 amide bonds. The maximum atomic E-state index is 13.1. The minimum absolute atomic E-state index is 0.0164. The molecule has 3 heterocycles. The maximum Gasteiger partial charge on any atom is 0.434 e. The van der Waals surface area contributed by atoms with E-state index in [9.17, 15) is 22.8 Å². The molecule has 1 saturated carbocycles. The molecule has 1 fully saturated rings. The molecule has 0 saturated heterocycles. The van der Waals surface area contributed by atoms with Crippen LogP contribution in [0.4, 0.5) is 19.0 Å². The number of carbonyl (C=O) groups is 1. The van der Waals surface area contributed by atoms with E-state index in [0.717, 1.165) is 31.9 Å². The molecule has 0 bridgehead atoms. The van der Waals surface area contributed by atoms with E-state index in [1.807, 2.05) is 11.9 Å². The Morgan fingerprint density at radius 3 is 2.65 bits per heavy atom. The standard InChI is InChI=1S/C21H22F3N5O2/c1-28(19-4-2-3-17-27-16(12-29(17)19)21(22,23)24)15-7-5-14(6-8-15)26-20(31)13-9-10-25-18(30)11-13/h2-4,9-12,14-15H,5-8H2,1H3,(H,25,30)(H,26,31). The van der Waals surface area contributed by atoms with Gasteiger partial charge in [0, 0.05) is 43.2 Å². The second-order valence-electron chi connectivity index (χ2n) is 7.77. The minimum atomic E-state index is -4.50. The highest BCUT2D eigenvalue weighted by Gasteiger charge is 2.34. The van der Waals surface area contributed by atoms with Crippen molar-refractivity contribution in [2.75, 3.05) is 11.9 Å². The topological polar surface area (TPSA) is 82.5 Å². The second kappa shape index (κ2) is 8.09. The smallest absolute Gasteiger partial charge is 0.358 e. The lowest BCUT2D eigenvalue weighted by molar-refractivity contribution is -0.140. The summed E-state index contributed by atoms with van der Waals surface area (Å²) in [5.74, 6) is 0.349. The van der Waals surface area contributed by atoms with Crippen LogP contribution in [0.5, 0.6) is 0 Å². The molecule has 4 rings (SSSR count). The zero-order chi connectivity index (χ0) is 22.2. The normalized spacial score (nSPS) is 19.4. The average molecular weight is 433 g/mol. The van der Waals surface area contributed by atoms with Crippen molar-refractivity contribution < 1.29 is 18.0 Å². The molecule has 0 aliphatic heterocycles. The molecule has 31 heavy (non-hydrogen) atoms. The minimum Gasteiger partial charge on any atom is -0.358 e. The van der Waals surface area contributed by atoms with Gasteiger partial charge in [-0.15, -0.1) is 0 Å². The van der Waals surface area contributed by atoms with E-state index >= 15 is 0 Å². The Morgan fingerprint density at radius 2 is 1.97 bits per heavy atom. The lowest BCUT2D eigenvalue weighted by Gasteiger charge is -2.36. The van der Waals surface area contributed by atoms with Gasteiger partial charge in [0.2, 0.25) is 5.56 Å². The van der Waals surface area contributed by atoms with Crippen molar-refractivity contribution in [3.8, 4) is 0 Å². The zero-order valence-corrected chi connectivity index (χ0v) is 16.8. The quantitative estimate of drug-likeness (QED) is 0.662. The average Bonchev–Trinajstić information content (AvgIpc) is 3.19.